The van der Waals surface area contributed by atoms with Gasteiger partial charge in [0.05, 0.1) is 20.3 Å². The molecule has 1 atom stereocenters. The molecule has 0 aliphatic carbocycles. The Bertz CT molecular complexity index is 459. The monoisotopic (exact) mass is 332 g/mol. The molecule has 1 N–H and O–H groups in total. The largest absolute Gasteiger partial charge is 0.481 e. The molecule has 0 spiro atoms. The summed E-state index contributed by atoms with van der Waals surface area (Å²) in [6.45, 7) is 4.19. The van der Waals surface area contributed by atoms with Crippen molar-refractivity contribution in [3.05, 3.63) is 6.07 Å². The Morgan fingerprint density at radius 1 is 1.18 bits per heavy atom. The van der Waals surface area contributed by atoms with Gasteiger partial charge in [0.15, 0.2) is 16.7 Å². The Hall–Kier alpha value is -1.58. The summed E-state index contributed by atoms with van der Waals surface area (Å²) in [5, 5.41) is 8.60. The van der Waals surface area contributed by atoms with Crippen molar-refractivity contribution in [2.75, 3.05) is 27.4 Å². The van der Waals surface area contributed by atoms with Crippen LogP contribution in [0, 0.1) is 0 Å². The second kappa shape index (κ2) is 9.44. The van der Waals surface area contributed by atoms with Crippen LogP contribution in [0.1, 0.15) is 13.8 Å². The number of ether oxygens (including phenoxy) is 4. The van der Waals surface area contributed by atoms with Crippen molar-refractivity contribution >= 4 is 17.7 Å². The Morgan fingerprint density at radius 2 is 1.68 bits per heavy atom. The number of hydrogen-bond donors (Lipinski definition) is 1. The highest BCUT2D eigenvalue weighted by Crippen LogP contribution is 2.28. The smallest absolute Gasteiger partial charge is 0.322 e. The summed E-state index contributed by atoms with van der Waals surface area (Å²) >= 11 is 0.912. The molecule has 0 fully saturated rings. The molecule has 0 amide bonds. The van der Waals surface area contributed by atoms with E-state index in [-0.39, 0.29) is 16.9 Å². The van der Waals surface area contributed by atoms with Crippen LogP contribution >= 0.6 is 11.8 Å². The first kappa shape index (κ1) is 18.5. The number of rotatable bonds is 10. The lowest BCUT2D eigenvalue weighted by Crippen LogP contribution is -2.36. The highest BCUT2D eigenvalue weighted by molar-refractivity contribution is 8.00. The fraction of sp³-hybridized carbons (Fsp3) is 0.615. The molecule has 9 heteroatoms. The molecule has 1 aromatic heterocycles. The van der Waals surface area contributed by atoms with Crippen molar-refractivity contribution in [2.24, 2.45) is 0 Å². The Morgan fingerprint density at radius 3 is 2.05 bits per heavy atom. The minimum atomic E-state index is -1.08. The minimum absolute atomic E-state index is 0.202. The summed E-state index contributed by atoms with van der Waals surface area (Å²) < 4.78 is 20.8. The van der Waals surface area contributed by atoms with Crippen LogP contribution < -0.4 is 9.47 Å². The molecule has 0 bridgehead atoms. The van der Waals surface area contributed by atoms with Gasteiger partial charge in [-0.3, -0.25) is 4.79 Å². The predicted octanol–water partition coefficient (Wildman–Crippen LogP) is 1.44. The van der Waals surface area contributed by atoms with E-state index in [1.807, 2.05) is 0 Å². The number of thioether (sulfide) groups is 1. The molecule has 124 valence electrons. The third kappa shape index (κ3) is 5.32. The van der Waals surface area contributed by atoms with Crippen LogP contribution in [0.5, 0.6) is 11.8 Å². The quantitative estimate of drug-likeness (QED) is 0.387. The number of carboxylic acid groups (broad SMARTS) is 1. The van der Waals surface area contributed by atoms with Crippen LogP contribution in [-0.4, -0.2) is 60.0 Å². The second-order valence-corrected chi connectivity index (χ2v) is 5.00. The molecule has 0 aromatic carbocycles. The van der Waals surface area contributed by atoms with Crippen LogP contribution in [0.15, 0.2) is 11.2 Å². The van der Waals surface area contributed by atoms with Gasteiger partial charge in [-0.2, -0.15) is 9.97 Å². The molecular formula is C13H20N2O6S. The van der Waals surface area contributed by atoms with Gasteiger partial charge in [-0.25, -0.2) is 0 Å². The normalized spacial score (nSPS) is 12.2. The third-order valence-electron chi connectivity index (χ3n) is 2.46. The molecule has 22 heavy (non-hydrogen) atoms. The zero-order valence-electron chi connectivity index (χ0n) is 12.9. The van der Waals surface area contributed by atoms with Crippen molar-refractivity contribution < 1.29 is 28.8 Å². The highest BCUT2D eigenvalue weighted by atomic mass is 32.2. The molecule has 0 aliphatic heterocycles. The van der Waals surface area contributed by atoms with Crippen LogP contribution in [0.2, 0.25) is 0 Å². The van der Waals surface area contributed by atoms with Gasteiger partial charge in [0.25, 0.3) is 0 Å². The topological polar surface area (TPSA) is 100 Å². The number of carbonyl (C=O) groups is 1. The van der Waals surface area contributed by atoms with E-state index in [1.54, 1.807) is 13.8 Å². The fourth-order valence-corrected chi connectivity index (χ4v) is 2.41. The minimum Gasteiger partial charge on any atom is -0.481 e. The summed E-state index contributed by atoms with van der Waals surface area (Å²) in [7, 11) is 2.90. The van der Waals surface area contributed by atoms with E-state index in [4.69, 9.17) is 18.9 Å². The average Bonchev–Trinajstić information content (AvgIpc) is 2.51. The molecular weight excluding hydrogens is 312 g/mol. The first-order valence-electron chi connectivity index (χ1n) is 6.65. The van der Waals surface area contributed by atoms with Gasteiger partial charge >= 0.3 is 5.97 Å². The number of aromatic nitrogens is 2. The number of nitrogens with zero attached hydrogens (tertiary/aromatic N) is 2. The summed E-state index contributed by atoms with van der Waals surface area (Å²) in [5.41, 5.74) is 0. The van der Waals surface area contributed by atoms with Crippen LogP contribution in [-0.2, 0) is 14.3 Å². The Kier molecular flexibility index (Phi) is 7.92. The Balaban J connectivity index is 3.01. The van der Waals surface area contributed by atoms with Crippen LogP contribution in [0.3, 0.4) is 0 Å². The SMILES string of the molecule is CCOC(OCC)C(Sc1nc(OC)cc(OC)n1)C(=O)O. The van der Waals surface area contributed by atoms with Crippen molar-refractivity contribution in [1.82, 2.24) is 9.97 Å². The summed E-state index contributed by atoms with van der Waals surface area (Å²) in [4.78, 5) is 19.7. The van der Waals surface area contributed by atoms with Gasteiger partial charge in [0, 0.05) is 13.2 Å². The predicted molar refractivity (Wildman–Crippen MR) is 79.5 cm³/mol. The molecule has 1 heterocycles. The van der Waals surface area contributed by atoms with Gasteiger partial charge in [-0.1, -0.05) is 11.8 Å². The second-order valence-electron chi connectivity index (χ2n) is 3.89. The van der Waals surface area contributed by atoms with Gasteiger partial charge in [0.1, 0.15) is 0 Å². The molecule has 0 saturated carbocycles. The fourth-order valence-electron chi connectivity index (χ4n) is 1.53. The van der Waals surface area contributed by atoms with E-state index in [0.717, 1.165) is 11.8 Å². The summed E-state index contributed by atoms with van der Waals surface area (Å²) in [6.07, 6.45) is -0.904. The molecule has 1 aromatic rings. The van der Waals surface area contributed by atoms with Gasteiger partial charge in [0.2, 0.25) is 11.8 Å². The van der Waals surface area contributed by atoms with Crippen molar-refractivity contribution in [1.29, 1.82) is 0 Å². The van der Waals surface area contributed by atoms with Crippen LogP contribution in [0.4, 0.5) is 0 Å². The number of carboxylic acids is 1. The van der Waals surface area contributed by atoms with Gasteiger partial charge in [-0.15, -0.1) is 0 Å². The molecule has 1 unspecified atom stereocenters. The lowest BCUT2D eigenvalue weighted by molar-refractivity contribution is -0.161. The first-order chi connectivity index (χ1) is 10.5. The first-order valence-corrected chi connectivity index (χ1v) is 7.53. The molecule has 0 radical (unpaired) electrons. The van der Waals surface area contributed by atoms with Crippen molar-refractivity contribution in [3.8, 4) is 11.8 Å². The summed E-state index contributed by atoms with van der Waals surface area (Å²) in [6, 6.07) is 1.50. The van der Waals surface area contributed by atoms with Crippen molar-refractivity contribution in [2.45, 2.75) is 30.5 Å². The standard InChI is InChI=1S/C13H20N2O6S/c1-5-20-12(21-6-2)10(11(16)17)22-13-14-8(18-3)7-9(15-13)19-4/h7,10,12H,5-6H2,1-4H3,(H,16,17). The summed E-state index contributed by atoms with van der Waals surface area (Å²) in [5.74, 6) is -0.520. The maximum absolute atomic E-state index is 11.5. The third-order valence-corrected chi connectivity index (χ3v) is 3.53. The number of aliphatic carboxylic acids is 1. The molecule has 8 nitrogen and oxygen atoms in total. The van der Waals surface area contributed by atoms with E-state index >= 15 is 0 Å². The highest BCUT2D eigenvalue weighted by Gasteiger charge is 2.32. The zero-order valence-corrected chi connectivity index (χ0v) is 13.8. The molecule has 0 aliphatic rings. The number of hydrogen-bond acceptors (Lipinski definition) is 8. The van der Waals surface area contributed by atoms with E-state index in [2.05, 4.69) is 9.97 Å². The molecule has 0 saturated heterocycles. The van der Waals surface area contributed by atoms with E-state index in [0.29, 0.717) is 13.2 Å². The lowest BCUT2D eigenvalue weighted by Gasteiger charge is -2.22. The van der Waals surface area contributed by atoms with Crippen molar-refractivity contribution in [3.63, 3.8) is 0 Å². The molecule has 1 rings (SSSR count). The maximum atomic E-state index is 11.5. The van der Waals surface area contributed by atoms with Gasteiger partial charge in [-0.05, 0) is 13.8 Å². The van der Waals surface area contributed by atoms with E-state index in [9.17, 15) is 9.90 Å². The average molecular weight is 332 g/mol. The maximum Gasteiger partial charge on any atom is 0.322 e. The van der Waals surface area contributed by atoms with E-state index < -0.39 is 17.5 Å². The number of methoxy groups -OCH3 is 2. The van der Waals surface area contributed by atoms with E-state index in [1.165, 1.54) is 20.3 Å². The van der Waals surface area contributed by atoms with Crippen LogP contribution in [0.25, 0.3) is 0 Å². The van der Waals surface area contributed by atoms with Gasteiger partial charge < -0.3 is 24.1 Å². The zero-order chi connectivity index (χ0) is 16.5. The Labute approximate surface area is 133 Å². The lowest BCUT2D eigenvalue weighted by atomic mass is 10.4.